The molecule has 1 saturated heterocycles. The predicted molar refractivity (Wildman–Crippen MR) is 137 cm³/mol. The summed E-state index contributed by atoms with van der Waals surface area (Å²) in [4.78, 5) is 9.94. The highest BCUT2D eigenvalue weighted by Gasteiger charge is 2.36. The lowest BCUT2D eigenvalue weighted by Crippen LogP contribution is -2.49. The number of anilines is 2. The third kappa shape index (κ3) is 8.08. The van der Waals surface area contributed by atoms with E-state index < -0.39 is 28.7 Å². The van der Waals surface area contributed by atoms with E-state index in [1.54, 1.807) is 19.9 Å². The van der Waals surface area contributed by atoms with Crippen molar-refractivity contribution in [2.75, 3.05) is 23.1 Å². The number of aromatic nitrogens is 2. The summed E-state index contributed by atoms with van der Waals surface area (Å²) in [6.45, 7) is 7.37. The molecule has 2 aromatic rings. The molecule has 0 saturated carbocycles. The van der Waals surface area contributed by atoms with Gasteiger partial charge in [-0.05, 0) is 43.0 Å². The largest absolute Gasteiger partial charge is 0.459 e. The van der Waals surface area contributed by atoms with Crippen LogP contribution in [0.25, 0.3) is 4.91 Å². The number of alkyl halides is 4. The normalized spacial score (nSPS) is 18.8. The Labute approximate surface area is 217 Å². The summed E-state index contributed by atoms with van der Waals surface area (Å²) >= 11 is 7.53. The van der Waals surface area contributed by atoms with Crippen LogP contribution in [0.15, 0.2) is 47.7 Å². The van der Waals surface area contributed by atoms with Crippen molar-refractivity contribution in [2.24, 2.45) is 0 Å². The second-order valence-electron chi connectivity index (χ2n) is 7.89. The molecule has 3 N–H and O–H groups in total. The number of benzene rings is 1. The standard InChI is InChI=1S/C22H24ClF4N5O2S2/c1-12(2)35-19(13(3)34-18-5-4-14(8-16(18)23)32-36(33)20(24)25)17-6-7-29-21(31-17)30-15-9-22(26,27)11-28-10-15/h4-8,15,20,28,32H,1,9-11H2,2-3H3,(H,29,30,31)/b19-13+. The molecular weight excluding hydrogens is 542 g/mol. The molecule has 2 heterocycles. The van der Waals surface area contributed by atoms with Crippen LogP contribution in [0.1, 0.15) is 26.0 Å². The fourth-order valence-corrected chi connectivity index (χ4v) is 4.69. The quantitative estimate of drug-likeness (QED) is 0.245. The smallest absolute Gasteiger partial charge is 0.330 e. The molecule has 1 aliphatic rings. The van der Waals surface area contributed by atoms with Crippen molar-refractivity contribution in [3.63, 3.8) is 0 Å². The van der Waals surface area contributed by atoms with E-state index in [4.69, 9.17) is 16.3 Å². The van der Waals surface area contributed by atoms with Crippen LogP contribution in [0.3, 0.4) is 0 Å². The van der Waals surface area contributed by atoms with Crippen molar-refractivity contribution in [3.05, 3.63) is 58.4 Å². The van der Waals surface area contributed by atoms with E-state index in [2.05, 4.69) is 31.9 Å². The second kappa shape index (κ2) is 12.3. The average Bonchev–Trinajstić information content (AvgIpc) is 2.78. The number of piperidine rings is 1. The molecule has 1 aliphatic heterocycles. The van der Waals surface area contributed by atoms with Crippen LogP contribution in [-0.4, -0.2) is 45.0 Å². The summed E-state index contributed by atoms with van der Waals surface area (Å²) in [6.07, 6.45) is 1.16. The summed E-state index contributed by atoms with van der Waals surface area (Å²) in [6, 6.07) is 5.26. The Kier molecular flexibility index (Phi) is 9.61. The number of allylic oxidation sites excluding steroid dienone is 2. The van der Waals surface area contributed by atoms with Crippen LogP contribution in [0, 0.1) is 0 Å². The Morgan fingerprint density at radius 3 is 2.75 bits per heavy atom. The van der Waals surface area contributed by atoms with Gasteiger partial charge in [0.2, 0.25) is 5.95 Å². The van der Waals surface area contributed by atoms with Gasteiger partial charge in [0.05, 0.1) is 22.2 Å². The van der Waals surface area contributed by atoms with E-state index in [9.17, 15) is 21.8 Å². The number of hydrogen-bond acceptors (Lipinski definition) is 7. The van der Waals surface area contributed by atoms with Crippen LogP contribution >= 0.6 is 23.4 Å². The van der Waals surface area contributed by atoms with Crippen LogP contribution in [0.5, 0.6) is 5.75 Å². The Hall–Kier alpha value is -2.35. The lowest BCUT2D eigenvalue weighted by Gasteiger charge is -2.30. The summed E-state index contributed by atoms with van der Waals surface area (Å²) in [5.41, 5.74) is 0.605. The van der Waals surface area contributed by atoms with E-state index in [0.717, 1.165) is 4.91 Å². The zero-order chi connectivity index (χ0) is 26.5. The number of ether oxygens (including phenoxy) is 1. The van der Waals surface area contributed by atoms with E-state index in [0.29, 0.717) is 22.9 Å². The van der Waals surface area contributed by atoms with Gasteiger partial charge in [0.15, 0.2) is 11.0 Å². The molecule has 36 heavy (non-hydrogen) atoms. The van der Waals surface area contributed by atoms with Crippen LogP contribution in [0.4, 0.5) is 29.2 Å². The lowest BCUT2D eigenvalue weighted by molar-refractivity contribution is -0.0244. The molecule has 2 atom stereocenters. The topological polar surface area (TPSA) is 88.2 Å². The second-order valence-corrected chi connectivity index (χ2v) is 10.8. The molecule has 2 unspecified atom stereocenters. The Morgan fingerprint density at radius 2 is 2.11 bits per heavy atom. The molecule has 0 spiro atoms. The molecule has 0 radical (unpaired) electrons. The molecular formula is C22H24ClF4N5O2S2. The van der Waals surface area contributed by atoms with E-state index in [1.807, 2.05) is 0 Å². The maximum absolute atomic E-state index is 13.7. The highest BCUT2D eigenvalue weighted by Crippen LogP contribution is 2.37. The van der Waals surface area contributed by atoms with E-state index >= 15 is 0 Å². The molecule has 14 heteroatoms. The molecule has 3 rings (SSSR count). The summed E-state index contributed by atoms with van der Waals surface area (Å²) < 4.78 is 71.9. The maximum atomic E-state index is 13.7. The van der Waals surface area contributed by atoms with Crippen molar-refractivity contribution in [1.29, 1.82) is 0 Å². The zero-order valence-corrected chi connectivity index (χ0v) is 21.7. The number of nitrogens with zero attached hydrogens (tertiary/aromatic N) is 2. The Bertz CT molecular complexity index is 1170. The van der Waals surface area contributed by atoms with Gasteiger partial charge in [-0.25, -0.2) is 23.0 Å². The summed E-state index contributed by atoms with van der Waals surface area (Å²) in [5.74, 6) is -5.06. The van der Waals surface area contributed by atoms with Gasteiger partial charge in [0, 0.05) is 30.9 Å². The average molecular weight is 566 g/mol. The third-order valence-electron chi connectivity index (χ3n) is 4.71. The van der Waals surface area contributed by atoms with E-state index in [-0.39, 0.29) is 35.4 Å². The first-order chi connectivity index (χ1) is 16.9. The minimum atomic E-state index is -3.05. The third-order valence-corrected chi connectivity index (χ3v) is 6.82. The van der Waals surface area contributed by atoms with Crippen molar-refractivity contribution in [1.82, 2.24) is 15.3 Å². The van der Waals surface area contributed by atoms with Gasteiger partial charge >= 0.3 is 5.76 Å². The van der Waals surface area contributed by atoms with Gasteiger partial charge in [-0.1, -0.05) is 29.9 Å². The first kappa shape index (κ1) is 28.2. The monoisotopic (exact) mass is 565 g/mol. The van der Waals surface area contributed by atoms with Gasteiger partial charge in [-0.2, -0.15) is 8.78 Å². The number of rotatable bonds is 10. The summed E-state index contributed by atoms with van der Waals surface area (Å²) in [5, 5.41) is 5.74. The van der Waals surface area contributed by atoms with Crippen LogP contribution in [0.2, 0.25) is 5.02 Å². The number of thioether (sulfide) groups is 1. The molecule has 1 fully saturated rings. The molecule has 0 amide bonds. The molecule has 0 bridgehead atoms. The zero-order valence-electron chi connectivity index (χ0n) is 19.3. The highest BCUT2D eigenvalue weighted by molar-refractivity contribution is 8.11. The molecule has 7 nitrogen and oxygen atoms in total. The fraction of sp³-hybridized carbons (Fsp3) is 0.364. The number of nitrogens with one attached hydrogen (secondary N) is 3. The van der Waals surface area contributed by atoms with Crippen molar-refractivity contribution >= 4 is 50.9 Å². The minimum Gasteiger partial charge on any atom is -0.459 e. The molecule has 1 aromatic heterocycles. The minimum absolute atomic E-state index is 0.0982. The first-order valence-corrected chi connectivity index (χ1v) is 13.0. The lowest BCUT2D eigenvalue weighted by atomic mass is 10.0. The Balaban J connectivity index is 1.83. The number of halogens is 5. The SMILES string of the molecule is C=C(C)S/C(=C(\C)Oc1ccc(NS(=O)C(F)F)cc1Cl)c1ccnc(NC2CNCC(F)(F)C2)n1. The van der Waals surface area contributed by atoms with Gasteiger partial charge in [-0.15, -0.1) is 0 Å². The van der Waals surface area contributed by atoms with Crippen LogP contribution in [-0.2, 0) is 11.0 Å². The van der Waals surface area contributed by atoms with Crippen molar-refractivity contribution in [2.45, 2.75) is 38.0 Å². The molecule has 1 aromatic carbocycles. The molecule has 196 valence electrons. The van der Waals surface area contributed by atoms with Gasteiger partial charge < -0.3 is 20.1 Å². The van der Waals surface area contributed by atoms with Gasteiger partial charge in [0.25, 0.3) is 5.92 Å². The predicted octanol–water partition coefficient (Wildman–Crippen LogP) is 5.87. The summed E-state index contributed by atoms with van der Waals surface area (Å²) in [7, 11) is -2.57. The fourth-order valence-electron chi connectivity index (χ4n) is 3.27. The number of hydrogen-bond donors (Lipinski definition) is 3. The highest BCUT2D eigenvalue weighted by atomic mass is 35.5. The maximum Gasteiger partial charge on any atom is 0.330 e. The van der Waals surface area contributed by atoms with Crippen molar-refractivity contribution < 1.29 is 26.5 Å². The van der Waals surface area contributed by atoms with Gasteiger partial charge in [-0.3, -0.25) is 0 Å². The van der Waals surface area contributed by atoms with Gasteiger partial charge in [0.1, 0.15) is 11.5 Å². The van der Waals surface area contributed by atoms with Crippen molar-refractivity contribution in [3.8, 4) is 5.75 Å². The Morgan fingerprint density at radius 1 is 1.36 bits per heavy atom. The van der Waals surface area contributed by atoms with Crippen LogP contribution < -0.4 is 20.1 Å². The molecule has 0 aliphatic carbocycles. The van der Waals surface area contributed by atoms with E-state index in [1.165, 1.54) is 36.2 Å². The first-order valence-electron chi connectivity index (χ1n) is 10.6.